The zero-order valence-corrected chi connectivity index (χ0v) is 19.5. The van der Waals surface area contributed by atoms with E-state index in [1.54, 1.807) is 6.07 Å². The standard InChI is InChI=1S/C31H32FN/c1-3-22-5-7-23(8-6-22)9-10-24-11-13-26(14-12-24)29-20-19-28(21-30(29)32)25-15-17-27(18-16-25)31(33)4-2/h5-8,11-21,31H,3-4,9-10,33H2,1-2H3. The molecule has 0 amide bonds. The first kappa shape index (κ1) is 22.9. The van der Waals surface area contributed by atoms with Crippen molar-refractivity contribution in [3.63, 3.8) is 0 Å². The molecule has 0 bridgehead atoms. The number of halogens is 1. The summed E-state index contributed by atoms with van der Waals surface area (Å²) in [6.07, 6.45) is 3.95. The molecule has 4 rings (SSSR count). The van der Waals surface area contributed by atoms with Gasteiger partial charge in [-0.2, -0.15) is 0 Å². The largest absolute Gasteiger partial charge is 0.324 e. The molecule has 0 aromatic heterocycles. The van der Waals surface area contributed by atoms with E-state index in [2.05, 4.69) is 50.2 Å². The minimum absolute atomic E-state index is 0.0442. The van der Waals surface area contributed by atoms with Gasteiger partial charge in [-0.25, -0.2) is 4.39 Å². The van der Waals surface area contributed by atoms with Gasteiger partial charge in [-0.15, -0.1) is 0 Å². The van der Waals surface area contributed by atoms with Gasteiger partial charge >= 0.3 is 0 Å². The second kappa shape index (κ2) is 10.6. The third-order valence-electron chi connectivity index (χ3n) is 6.48. The maximum absolute atomic E-state index is 15.0. The highest BCUT2D eigenvalue weighted by molar-refractivity contribution is 5.71. The monoisotopic (exact) mass is 437 g/mol. The maximum Gasteiger partial charge on any atom is 0.131 e. The maximum atomic E-state index is 15.0. The predicted octanol–water partition coefficient (Wildman–Crippen LogP) is 7.92. The van der Waals surface area contributed by atoms with Crippen LogP contribution in [0.25, 0.3) is 22.3 Å². The van der Waals surface area contributed by atoms with E-state index in [9.17, 15) is 4.39 Å². The number of hydrogen-bond acceptors (Lipinski definition) is 1. The normalized spacial score (nSPS) is 12.0. The van der Waals surface area contributed by atoms with E-state index in [4.69, 9.17) is 5.73 Å². The van der Waals surface area contributed by atoms with Gasteiger partial charge in [-0.05, 0) is 70.7 Å². The van der Waals surface area contributed by atoms with Gasteiger partial charge in [-0.3, -0.25) is 0 Å². The van der Waals surface area contributed by atoms with Crippen LogP contribution in [0, 0.1) is 5.82 Å². The van der Waals surface area contributed by atoms with Crippen LogP contribution in [-0.4, -0.2) is 0 Å². The number of rotatable bonds is 8. The van der Waals surface area contributed by atoms with Crippen LogP contribution < -0.4 is 5.73 Å². The fourth-order valence-corrected chi connectivity index (χ4v) is 4.17. The van der Waals surface area contributed by atoms with Crippen molar-refractivity contribution in [3.8, 4) is 22.3 Å². The van der Waals surface area contributed by atoms with Crippen molar-refractivity contribution in [2.45, 2.75) is 45.6 Å². The molecule has 0 spiro atoms. The van der Waals surface area contributed by atoms with E-state index in [0.717, 1.165) is 47.9 Å². The Hall–Kier alpha value is -3.23. The van der Waals surface area contributed by atoms with Crippen LogP contribution in [0.3, 0.4) is 0 Å². The Kier molecular flexibility index (Phi) is 7.36. The molecule has 2 heteroatoms. The molecule has 33 heavy (non-hydrogen) atoms. The highest BCUT2D eigenvalue weighted by atomic mass is 19.1. The van der Waals surface area contributed by atoms with Crippen LogP contribution in [0.2, 0.25) is 0 Å². The summed E-state index contributed by atoms with van der Waals surface area (Å²) in [7, 11) is 0. The third-order valence-corrected chi connectivity index (χ3v) is 6.48. The van der Waals surface area contributed by atoms with Crippen molar-refractivity contribution in [1.29, 1.82) is 0 Å². The molecule has 0 fully saturated rings. The van der Waals surface area contributed by atoms with Crippen LogP contribution in [0.15, 0.2) is 91.0 Å². The topological polar surface area (TPSA) is 26.0 Å². The molecule has 4 aromatic carbocycles. The van der Waals surface area contributed by atoms with Crippen LogP contribution in [0.4, 0.5) is 4.39 Å². The summed E-state index contributed by atoms with van der Waals surface area (Å²) in [4.78, 5) is 0. The summed E-state index contributed by atoms with van der Waals surface area (Å²) >= 11 is 0. The lowest BCUT2D eigenvalue weighted by Gasteiger charge is -2.11. The van der Waals surface area contributed by atoms with E-state index in [1.165, 1.54) is 16.7 Å². The molecule has 0 aliphatic rings. The summed E-state index contributed by atoms with van der Waals surface area (Å²) < 4.78 is 15.0. The molecule has 0 saturated carbocycles. The summed E-state index contributed by atoms with van der Waals surface area (Å²) in [5.41, 5.74) is 14.6. The van der Waals surface area contributed by atoms with E-state index in [0.29, 0.717) is 5.56 Å². The van der Waals surface area contributed by atoms with Crippen molar-refractivity contribution in [1.82, 2.24) is 0 Å². The second-order valence-electron chi connectivity index (χ2n) is 8.70. The minimum atomic E-state index is -0.203. The van der Waals surface area contributed by atoms with Crippen LogP contribution in [0.5, 0.6) is 0 Å². The van der Waals surface area contributed by atoms with Gasteiger partial charge in [0.25, 0.3) is 0 Å². The molecule has 0 heterocycles. The molecule has 1 nitrogen and oxygen atoms in total. The van der Waals surface area contributed by atoms with Gasteiger partial charge in [0.2, 0.25) is 0 Å². The molecule has 0 aliphatic carbocycles. The Morgan fingerprint density at radius 2 is 1.15 bits per heavy atom. The minimum Gasteiger partial charge on any atom is -0.324 e. The number of nitrogens with two attached hydrogens (primary N) is 1. The molecule has 4 aromatic rings. The highest BCUT2D eigenvalue weighted by Crippen LogP contribution is 2.29. The Balaban J connectivity index is 1.44. The second-order valence-corrected chi connectivity index (χ2v) is 8.70. The average Bonchev–Trinajstić information content (AvgIpc) is 2.87. The van der Waals surface area contributed by atoms with Gasteiger partial charge in [-0.1, -0.05) is 98.8 Å². The van der Waals surface area contributed by atoms with E-state index >= 15 is 0 Å². The molecular weight excluding hydrogens is 405 g/mol. The summed E-state index contributed by atoms with van der Waals surface area (Å²) in [6, 6.07) is 30.7. The Labute approximate surface area is 197 Å². The molecule has 0 saturated heterocycles. The Morgan fingerprint density at radius 3 is 1.70 bits per heavy atom. The smallest absolute Gasteiger partial charge is 0.131 e. The lowest BCUT2D eigenvalue weighted by molar-refractivity contribution is 0.632. The van der Waals surface area contributed by atoms with Gasteiger partial charge < -0.3 is 5.73 Å². The third kappa shape index (κ3) is 5.58. The molecule has 1 unspecified atom stereocenters. The van der Waals surface area contributed by atoms with Gasteiger partial charge in [0, 0.05) is 11.6 Å². The van der Waals surface area contributed by atoms with E-state index in [1.807, 2.05) is 48.5 Å². The first-order valence-electron chi connectivity index (χ1n) is 11.9. The average molecular weight is 438 g/mol. The Bertz CT molecular complexity index is 1180. The van der Waals surface area contributed by atoms with Crippen molar-refractivity contribution >= 4 is 0 Å². The molecule has 168 valence electrons. The van der Waals surface area contributed by atoms with Crippen molar-refractivity contribution < 1.29 is 4.39 Å². The molecule has 1 atom stereocenters. The van der Waals surface area contributed by atoms with Crippen molar-refractivity contribution in [2.24, 2.45) is 5.73 Å². The molecule has 0 radical (unpaired) electrons. The van der Waals surface area contributed by atoms with Crippen LogP contribution in [0.1, 0.15) is 48.6 Å². The SMILES string of the molecule is CCc1ccc(CCc2ccc(-c3ccc(-c4ccc(C(N)CC)cc4)cc3F)cc2)cc1. The zero-order chi connectivity index (χ0) is 23.2. The highest BCUT2D eigenvalue weighted by Gasteiger charge is 2.09. The lowest BCUT2D eigenvalue weighted by atomic mass is 9.96. The fourth-order valence-electron chi connectivity index (χ4n) is 4.17. The first-order chi connectivity index (χ1) is 16.1. The number of aryl methyl sites for hydroxylation is 3. The summed E-state index contributed by atoms with van der Waals surface area (Å²) in [6.45, 7) is 4.25. The fraction of sp³-hybridized carbons (Fsp3) is 0.226. The molecule has 0 aliphatic heterocycles. The molecular formula is C31H32FN. The van der Waals surface area contributed by atoms with Crippen molar-refractivity contribution in [3.05, 3.63) is 119 Å². The summed E-state index contributed by atoms with van der Waals surface area (Å²) in [5.74, 6) is -0.203. The van der Waals surface area contributed by atoms with Crippen molar-refractivity contribution in [2.75, 3.05) is 0 Å². The number of benzene rings is 4. The van der Waals surface area contributed by atoms with Crippen LogP contribution in [-0.2, 0) is 19.3 Å². The van der Waals surface area contributed by atoms with Crippen LogP contribution >= 0.6 is 0 Å². The zero-order valence-electron chi connectivity index (χ0n) is 19.5. The van der Waals surface area contributed by atoms with Gasteiger partial charge in [0.15, 0.2) is 0 Å². The summed E-state index contributed by atoms with van der Waals surface area (Å²) in [5, 5.41) is 0. The lowest BCUT2D eigenvalue weighted by Crippen LogP contribution is -2.08. The Morgan fingerprint density at radius 1 is 0.636 bits per heavy atom. The predicted molar refractivity (Wildman–Crippen MR) is 138 cm³/mol. The first-order valence-corrected chi connectivity index (χ1v) is 11.9. The number of hydrogen-bond donors (Lipinski definition) is 1. The quantitative estimate of drug-likeness (QED) is 0.298. The molecule has 2 N–H and O–H groups in total. The van der Waals surface area contributed by atoms with E-state index < -0.39 is 0 Å². The van der Waals surface area contributed by atoms with Gasteiger partial charge in [0.05, 0.1) is 0 Å². The van der Waals surface area contributed by atoms with E-state index in [-0.39, 0.29) is 11.9 Å². The van der Waals surface area contributed by atoms with Gasteiger partial charge in [0.1, 0.15) is 5.82 Å².